The third-order valence-corrected chi connectivity index (χ3v) is 2.65. The molecule has 1 aromatic heterocycles. The van der Waals surface area contributed by atoms with Gasteiger partial charge in [0.05, 0.1) is 5.97 Å². The minimum absolute atomic E-state index is 0.183. The van der Waals surface area contributed by atoms with E-state index in [1.54, 1.807) is 6.92 Å². The van der Waals surface area contributed by atoms with Crippen LogP contribution >= 0.6 is 11.8 Å². The Morgan fingerprint density at radius 1 is 1.40 bits per heavy atom. The zero-order valence-corrected chi connectivity index (χ0v) is 8.77. The molecule has 0 aliphatic carbocycles. The third kappa shape index (κ3) is 3.28. The van der Waals surface area contributed by atoms with Gasteiger partial charge >= 0.3 is 5.69 Å². The van der Waals surface area contributed by atoms with Crippen molar-refractivity contribution in [3.63, 3.8) is 0 Å². The summed E-state index contributed by atoms with van der Waals surface area (Å²) in [5.74, 6) is -1.14. The van der Waals surface area contributed by atoms with Crippen molar-refractivity contribution in [3.05, 3.63) is 32.1 Å². The maximum absolute atomic E-state index is 11.3. The lowest BCUT2D eigenvalue weighted by atomic mass is 10.3. The van der Waals surface area contributed by atoms with Gasteiger partial charge in [-0.1, -0.05) is 0 Å². The number of nitrogens with one attached hydrogen (secondary N) is 2. The second kappa shape index (κ2) is 4.83. The Labute approximate surface area is 88.7 Å². The van der Waals surface area contributed by atoms with E-state index < -0.39 is 17.2 Å². The molecule has 6 nitrogen and oxygen atoms in total. The van der Waals surface area contributed by atoms with Gasteiger partial charge in [0.15, 0.2) is 0 Å². The molecule has 0 saturated carbocycles. The summed E-state index contributed by atoms with van der Waals surface area (Å²) in [7, 11) is 0. The molecule has 7 heteroatoms. The molecule has 0 aliphatic rings. The molecule has 0 radical (unpaired) electrons. The average Bonchev–Trinajstić information content (AvgIpc) is 2.08. The first-order valence-electron chi connectivity index (χ1n) is 4.10. The number of carbonyl (C=O) groups excluding carboxylic acids is 1. The van der Waals surface area contributed by atoms with Crippen molar-refractivity contribution >= 4 is 17.7 Å². The molecule has 0 bridgehead atoms. The Hall–Kier alpha value is -1.50. The van der Waals surface area contributed by atoms with E-state index in [0.29, 0.717) is 11.3 Å². The van der Waals surface area contributed by atoms with Crippen LogP contribution in [-0.4, -0.2) is 21.7 Å². The molecule has 0 amide bonds. The molecule has 1 rings (SSSR count). The fourth-order valence-corrected chi connectivity index (χ4v) is 1.86. The predicted octanol–water partition coefficient (Wildman–Crippen LogP) is -1.65. The normalized spacial score (nSPS) is 10.2. The monoisotopic (exact) mass is 229 g/mol. The molecule has 0 aliphatic heterocycles. The maximum atomic E-state index is 11.3. The SMILES string of the molecule is Cc1[nH]c(=O)[nH]c(=O)c1CSCC(=O)[O-]. The summed E-state index contributed by atoms with van der Waals surface area (Å²) in [5, 5.41) is 10.1. The predicted molar refractivity (Wildman–Crippen MR) is 53.6 cm³/mol. The van der Waals surface area contributed by atoms with Crippen molar-refractivity contribution in [3.8, 4) is 0 Å². The number of aromatic nitrogens is 2. The first-order valence-corrected chi connectivity index (χ1v) is 5.26. The van der Waals surface area contributed by atoms with Crippen molar-refractivity contribution < 1.29 is 9.90 Å². The summed E-state index contributed by atoms with van der Waals surface area (Å²) >= 11 is 1.04. The van der Waals surface area contributed by atoms with Gasteiger partial charge in [0.2, 0.25) is 0 Å². The zero-order chi connectivity index (χ0) is 11.4. The largest absolute Gasteiger partial charge is 0.549 e. The van der Waals surface area contributed by atoms with Crippen LogP contribution in [0.5, 0.6) is 0 Å². The van der Waals surface area contributed by atoms with Gasteiger partial charge in [-0.2, -0.15) is 11.8 Å². The molecular formula is C8H9N2O4S-. The Bertz CT molecular complexity index is 476. The van der Waals surface area contributed by atoms with Crippen LogP contribution in [0.15, 0.2) is 9.59 Å². The van der Waals surface area contributed by atoms with E-state index in [1.807, 2.05) is 0 Å². The molecule has 0 unspecified atom stereocenters. The fraction of sp³-hybridized carbons (Fsp3) is 0.375. The summed E-state index contributed by atoms with van der Waals surface area (Å²) < 4.78 is 0. The minimum Gasteiger partial charge on any atom is -0.549 e. The third-order valence-electron chi connectivity index (χ3n) is 1.72. The summed E-state index contributed by atoms with van der Waals surface area (Å²) in [6, 6.07) is 0. The van der Waals surface area contributed by atoms with Crippen LogP contribution < -0.4 is 16.4 Å². The van der Waals surface area contributed by atoms with Gasteiger partial charge in [-0.25, -0.2) is 4.79 Å². The number of hydrogen-bond acceptors (Lipinski definition) is 5. The molecule has 0 aromatic carbocycles. The second-order valence-corrected chi connectivity index (χ2v) is 3.86. The molecule has 82 valence electrons. The molecule has 0 spiro atoms. The van der Waals surface area contributed by atoms with Crippen LogP contribution in [0.4, 0.5) is 0 Å². The number of carboxylic acids is 1. The van der Waals surface area contributed by atoms with Crippen LogP contribution in [-0.2, 0) is 10.5 Å². The van der Waals surface area contributed by atoms with Gasteiger partial charge in [0.25, 0.3) is 5.56 Å². The average molecular weight is 229 g/mol. The number of hydrogen-bond donors (Lipinski definition) is 2. The van der Waals surface area contributed by atoms with Crippen molar-refractivity contribution in [1.29, 1.82) is 0 Å². The number of thioether (sulfide) groups is 1. The molecule has 1 heterocycles. The molecule has 0 atom stereocenters. The van der Waals surface area contributed by atoms with E-state index in [9.17, 15) is 19.5 Å². The number of carboxylic acid groups (broad SMARTS) is 1. The van der Waals surface area contributed by atoms with Crippen molar-refractivity contribution in [1.82, 2.24) is 9.97 Å². The van der Waals surface area contributed by atoms with Crippen molar-refractivity contribution in [2.45, 2.75) is 12.7 Å². The van der Waals surface area contributed by atoms with Crippen molar-refractivity contribution in [2.24, 2.45) is 0 Å². The van der Waals surface area contributed by atoms with Gasteiger partial charge in [-0.3, -0.25) is 9.78 Å². The summed E-state index contributed by atoms with van der Waals surface area (Å²) in [4.78, 5) is 36.8. The molecule has 0 saturated heterocycles. The highest BCUT2D eigenvalue weighted by Crippen LogP contribution is 2.08. The summed E-state index contributed by atoms with van der Waals surface area (Å²) in [5.41, 5.74) is -0.219. The Kier molecular flexibility index (Phi) is 3.73. The highest BCUT2D eigenvalue weighted by Gasteiger charge is 2.05. The summed E-state index contributed by atoms with van der Waals surface area (Å²) in [6.07, 6.45) is 0. The lowest BCUT2D eigenvalue weighted by Crippen LogP contribution is -2.27. The lowest BCUT2D eigenvalue weighted by Gasteiger charge is -2.04. The Balaban J connectivity index is 2.82. The van der Waals surface area contributed by atoms with E-state index in [0.717, 1.165) is 11.8 Å². The molecule has 0 fully saturated rings. The Morgan fingerprint density at radius 2 is 2.07 bits per heavy atom. The number of aryl methyl sites for hydroxylation is 1. The van der Waals surface area contributed by atoms with Gasteiger partial charge in [0.1, 0.15) is 0 Å². The molecular weight excluding hydrogens is 220 g/mol. The molecule has 2 N–H and O–H groups in total. The van der Waals surface area contributed by atoms with Crippen LogP contribution in [0.3, 0.4) is 0 Å². The van der Waals surface area contributed by atoms with Gasteiger partial charge in [-0.05, 0) is 6.92 Å². The second-order valence-electron chi connectivity index (χ2n) is 2.88. The van der Waals surface area contributed by atoms with E-state index >= 15 is 0 Å². The number of aromatic amines is 2. The van der Waals surface area contributed by atoms with E-state index in [-0.39, 0.29) is 11.5 Å². The van der Waals surface area contributed by atoms with E-state index in [2.05, 4.69) is 9.97 Å². The van der Waals surface area contributed by atoms with Crippen LogP contribution in [0.1, 0.15) is 11.3 Å². The van der Waals surface area contributed by atoms with Gasteiger partial charge in [0, 0.05) is 22.8 Å². The number of H-pyrrole nitrogens is 2. The van der Waals surface area contributed by atoms with Crippen LogP contribution in [0, 0.1) is 6.92 Å². The lowest BCUT2D eigenvalue weighted by molar-refractivity contribution is -0.301. The highest BCUT2D eigenvalue weighted by atomic mass is 32.2. The first-order chi connectivity index (χ1) is 7.00. The van der Waals surface area contributed by atoms with E-state index in [1.165, 1.54) is 0 Å². The number of carbonyl (C=O) groups is 1. The van der Waals surface area contributed by atoms with Crippen LogP contribution in [0.2, 0.25) is 0 Å². The minimum atomic E-state index is -1.18. The standard InChI is InChI=1S/C8H10N2O4S/c1-4-5(2-15-3-6(11)12)7(13)10-8(14)9-4/h2-3H2,1H3,(H,11,12)(H2,9,10,13,14)/p-1. The maximum Gasteiger partial charge on any atom is 0.325 e. The molecule has 1 aromatic rings. The smallest absolute Gasteiger partial charge is 0.325 e. The summed E-state index contributed by atoms with van der Waals surface area (Å²) in [6.45, 7) is 1.59. The fourth-order valence-electron chi connectivity index (χ4n) is 1.04. The van der Waals surface area contributed by atoms with Gasteiger partial charge < -0.3 is 14.9 Å². The van der Waals surface area contributed by atoms with E-state index in [4.69, 9.17) is 0 Å². The highest BCUT2D eigenvalue weighted by molar-refractivity contribution is 7.99. The molecule has 15 heavy (non-hydrogen) atoms. The Morgan fingerprint density at radius 3 is 2.60 bits per heavy atom. The number of rotatable bonds is 4. The van der Waals surface area contributed by atoms with Crippen LogP contribution in [0.25, 0.3) is 0 Å². The quantitative estimate of drug-likeness (QED) is 0.643. The zero-order valence-electron chi connectivity index (χ0n) is 7.96. The first kappa shape index (κ1) is 11.6. The topological polar surface area (TPSA) is 106 Å². The van der Waals surface area contributed by atoms with Crippen molar-refractivity contribution in [2.75, 3.05) is 5.75 Å². The van der Waals surface area contributed by atoms with Gasteiger partial charge in [-0.15, -0.1) is 0 Å². The number of aliphatic carboxylic acids is 1.